The van der Waals surface area contributed by atoms with Crippen LogP contribution in [0, 0.1) is 23.3 Å². The third kappa shape index (κ3) is 11.2. The van der Waals surface area contributed by atoms with Crippen LogP contribution in [-0.4, -0.2) is 0 Å². The van der Waals surface area contributed by atoms with Crippen molar-refractivity contribution < 1.29 is 27.0 Å². The molecule has 16 rings (SSSR count). The lowest BCUT2D eigenvalue weighted by Gasteiger charge is -2.35. The van der Waals surface area contributed by atoms with Crippen LogP contribution < -0.4 is 19.3 Å². The Balaban J connectivity index is 0.752. The summed E-state index contributed by atoms with van der Waals surface area (Å²) in [6.45, 7) is 8.53. The van der Waals surface area contributed by atoms with Gasteiger partial charge in [-0.3, -0.25) is 0 Å². The van der Waals surface area contributed by atoms with Gasteiger partial charge in [-0.05, 0) is 234 Å². The highest BCUT2D eigenvalue weighted by molar-refractivity contribution is 5.92. The van der Waals surface area contributed by atoms with Gasteiger partial charge in [-0.1, -0.05) is 219 Å². The highest BCUT2D eigenvalue weighted by atomic mass is 19.1. The molecule has 2 unspecified atom stereocenters. The average Bonchev–Trinajstić information content (AvgIpc) is 1.54. The van der Waals surface area contributed by atoms with Gasteiger partial charge in [-0.2, -0.15) is 0 Å². The lowest BCUT2D eigenvalue weighted by Crippen LogP contribution is -2.29. The minimum atomic E-state index is -0.909. The normalized spacial score (nSPS) is 14.6. The maximum absolute atomic E-state index is 15.7. The zero-order chi connectivity index (χ0) is 67.9. The van der Waals surface area contributed by atoms with E-state index in [-0.39, 0.29) is 23.3 Å². The molecule has 0 fully saturated rings. The third-order valence-corrected chi connectivity index (χ3v) is 19.7. The first kappa shape index (κ1) is 62.3. The van der Waals surface area contributed by atoms with Gasteiger partial charge in [0.2, 0.25) is 0 Å². The van der Waals surface area contributed by atoms with Crippen LogP contribution in [0.15, 0.2) is 341 Å². The molecular formula is C92H64F4N2O2. The van der Waals surface area contributed by atoms with E-state index in [4.69, 9.17) is 9.47 Å². The van der Waals surface area contributed by atoms with Crippen molar-refractivity contribution in [2.45, 2.75) is 24.0 Å². The number of nitrogens with zero attached hydrogens (tertiary/aromatic N) is 2. The molecule has 2 atom stereocenters. The van der Waals surface area contributed by atoms with Crippen LogP contribution in [0.1, 0.15) is 66.8 Å². The molecule has 0 radical (unpaired) electrons. The van der Waals surface area contributed by atoms with Gasteiger partial charge in [0.25, 0.3) is 0 Å². The monoisotopic (exact) mass is 1300 g/mol. The fourth-order valence-corrected chi connectivity index (χ4v) is 15.0. The average molecular weight is 1310 g/mol. The smallest absolute Gasteiger partial charge is 0.125 e. The van der Waals surface area contributed by atoms with Crippen LogP contribution in [0.4, 0.5) is 51.7 Å². The summed E-state index contributed by atoms with van der Waals surface area (Å²) in [7, 11) is 0. The Labute approximate surface area is 579 Å². The molecule has 2 aliphatic rings. The van der Waals surface area contributed by atoms with Gasteiger partial charge in [0.15, 0.2) is 0 Å². The summed E-state index contributed by atoms with van der Waals surface area (Å²) in [5.41, 5.74) is 20.5. The van der Waals surface area contributed by atoms with E-state index in [0.717, 1.165) is 123 Å². The Morgan fingerprint density at radius 1 is 0.280 bits per heavy atom. The minimum Gasteiger partial charge on any atom is -0.489 e. The van der Waals surface area contributed by atoms with Crippen molar-refractivity contribution in [1.29, 1.82) is 0 Å². The first-order valence-electron chi connectivity index (χ1n) is 33.3. The van der Waals surface area contributed by atoms with Crippen LogP contribution in [-0.2, 0) is 24.0 Å². The van der Waals surface area contributed by atoms with Crippen molar-refractivity contribution in [2.24, 2.45) is 0 Å². The lowest BCUT2D eigenvalue weighted by molar-refractivity contribution is 0.306. The van der Waals surface area contributed by atoms with E-state index in [1.54, 1.807) is 24.3 Å². The number of halogens is 4. The summed E-state index contributed by atoms with van der Waals surface area (Å²) in [5, 5.41) is 0. The van der Waals surface area contributed by atoms with Crippen molar-refractivity contribution in [3.63, 3.8) is 0 Å². The van der Waals surface area contributed by atoms with Crippen LogP contribution in [0.3, 0.4) is 0 Å². The molecular weight excluding hydrogens is 1240 g/mol. The number of hydrogen-bond acceptors (Lipinski definition) is 4. The molecule has 0 saturated carbocycles. The van der Waals surface area contributed by atoms with Crippen LogP contribution in [0.2, 0.25) is 0 Å². The zero-order valence-corrected chi connectivity index (χ0v) is 54.4. The van der Waals surface area contributed by atoms with Crippen LogP contribution in [0.5, 0.6) is 11.5 Å². The minimum absolute atomic E-state index is 0.339. The second-order valence-corrected chi connectivity index (χ2v) is 25.3. The number of fused-ring (bicyclic) bond motifs is 6. The van der Waals surface area contributed by atoms with E-state index in [2.05, 4.69) is 156 Å². The summed E-state index contributed by atoms with van der Waals surface area (Å²) in [5.74, 6) is -0.0316. The zero-order valence-electron chi connectivity index (χ0n) is 54.4. The summed E-state index contributed by atoms with van der Waals surface area (Å²) in [6, 6.07) is 106. The van der Waals surface area contributed by atoms with Crippen molar-refractivity contribution in [3.8, 4) is 44.9 Å². The van der Waals surface area contributed by atoms with E-state index >= 15 is 17.6 Å². The summed E-state index contributed by atoms with van der Waals surface area (Å²) in [6.07, 6.45) is 3.63. The largest absolute Gasteiger partial charge is 0.489 e. The van der Waals surface area contributed by atoms with E-state index in [0.29, 0.717) is 36.1 Å². The Kier molecular flexibility index (Phi) is 16.3. The summed E-state index contributed by atoms with van der Waals surface area (Å²) in [4.78, 5) is 4.14. The Bertz CT molecular complexity index is 5030. The van der Waals surface area contributed by atoms with Crippen molar-refractivity contribution in [1.82, 2.24) is 0 Å². The van der Waals surface area contributed by atoms with E-state index in [9.17, 15) is 0 Å². The molecule has 0 saturated heterocycles. The van der Waals surface area contributed by atoms with Crippen LogP contribution >= 0.6 is 0 Å². The molecule has 0 aliphatic heterocycles. The van der Waals surface area contributed by atoms with Crippen molar-refractivity contribution in [2.75, 3.05) is 9.80 Å². The fraction of sp³-hybridized carbons (Fsp3) is 0.0435. The fourth-order valence-electron chi connectivity index (χ4n) is 15.0. The molecule has 2 aliphatic carbocycles. The van der Waals surface area contributed by atoms with Gasteiger partial charge in [-0.15, -0.1) is 0 Å². The van der Waals surface area contributed by atoms with Gasteiger partial charge in [0, 0.05) is 34.1 Å². The number of benzene rings is 14. The molecule has 4 nitrogen and oxygen atoms in total. The molecule has 0 amide bonds. The second kappa shape index (κ2) is 26.1. The third-order valence-electron chi connectivity index (χ3n) is 19.7. The Hall–Kier alpha value is -12.5. The highest BCUT2D eigenvalue weighted by Gasteiger charge is 2.48. The highest BCUT2D eigenvalue weighted by Crippen LogP contribution is 2.60. The quantitative estimate of drug-likeness (QED) is 0.0754. The standard InChI is InChI=1S/C92H64F4N2O2/c1-3-61-19-23-63(24-20-61)59-99-81-49-35-69(36-50-81)91(67-31-39-71(93)40-32-67)87-17-7-5-15-83(87)85-53-47-79(57-89(85)91)97(77-13-9-11-73(95)55-77)75-43-27-65(28-44-75)66-29-45-76(46-30-66)98(78-14-10-12-74(96)56-78)80-48-54-86-84-16-6-8-18-88(84)92(90(86)58-80,68-33-41-72(94)42-34-68)70-37-51-82(52-38-70)100-60-64-25-21-62(4-2)22-26-64/h3-58H,1-2,59-60H2. The molecule has 14 aromatic carbocycles. The van der Waals surface area contributed by atoms with Gasteiger partial charge in [0.1, 0.15) is 48.0 Å². The van der Waals surface area contributed by atoms with E-state index in [1.807, 2.05) is 146 Å². The molecule has 14 aromatic rings. The second-order valence-electron chi connectivity index (χ2n) is 25.3. The molecule has 0 spiro atoms. The lowest BCUT2D eigenvalue weighted by atomic mass is 9.67. The molecule has 100 heavy (non-hydrogen) atoms. The Morgan fingerprint density at radius 3 is 0.970 bits per heavy atom. The first-order valence-corrected chi connectivity index (χ1v) is 33.3. The molecule has 0 N–H and O–H groups in total. The van der Waals surface area contributed by atoms with Gasteiger partial charge in [-0.25, -0.2) is 17.6 Å². The summed E-state index contributed by atoms with van der Waals surface area (Å²) < 4.78 is 74.2. The molecule has 0 heterocycles. The summed E-state index contributed by atoms with van der Waals surface area (Å²) >= 11 is 0. The first-order chi connectivity index (χ1) is 49.0. The predicted octanol–water partition coefficient (Wildman–Crippen LogP) is 24.0. The molecule has 482 valence electrons. The number of anilines is 6. The molecule has 0 bridgehead atoms. The van der Waals surface area contributed by atoms with E-state index < -0.39 is 10.8 Å². The van der Waals surface area contributed by atoms with E-state index in [1.165, 1.54) is 36.4 Å². The molecule has 8 heteroatoms. The number of ether oxygens (including phenoxy) is 2. The van der Waals surface area contributed by atoms with Gasteiger partial charge >= 0.3 is 0 Å². The molecule has 0 aromatic heterocycles. The maximum Gasteiger partial charge on any atom is 0.125 e. The predicted molar refractivity (Wildman–Crippen MR) is 397 cm³/mol. The topological polar surface area (TPSA) is 24.9 Å². The number of rotatable bonds is 19. The number of hydrogen-bond donors (Lipinski definition) is 0. The maximum atomic E-state index is 15.7. The van der Waals surface area contributed by atoms with Crippen LogP contribution in [0.25, 0.3) is 45.5 Å². The SMILES string of the molecule is C=Cc1ccc(COc2ccc(C3(c4ccc(F)cc4)c4ccccc4-c4ccc(N(c5ccc(-c6ccc(N(c7cccc(F)c7)c7ccc8c(c7)C(c7ccc(F)cc7)(c7ccc(OCc9ccc(C=C)cc9)cc7)c7ccccc7-8)cc6)cc5)c5cccc(F)c5)cc43)cc2)cc1. The Morgan fingerprint density at radius 2 is 0.610 bits per heavy atom. The van der Waals surface area contributed by atoms with Gasteiger partial charge in [0.05, 0.1) is 10.8 Å². The van der Waals surface area contributed by atoms with Crippen molar-refractivity contribution in [3.05, 3.63) is 431 Å². The van der Waals surface area contributed by atoms with Crippen molar-refractivity contribution >= 4 is 46.3 Å². The van der Waals surface area contributed by atoms with Gasteiger partial charge < -0.3 is 19.3 Å².